The van der Waals surface area contributed by atoms with Crippen LogP contribution in [0.3, 0.4) is 0 Å². The Kier molecular flexibility index (Phi) is 9.31. The van der Waals surface area contributed by atoms with Gasteiger partial charge in [-0.1, -0.05) is 6.07 Å². The molecule has 0 spiro atoms. The number of hydrogen-bond donors (Lipinski definition) is 0. The Hall–Kier alpha value is -3.57. The van der Waals surface area contributed by atoms with E-state index in [4.69, 9.17) is 19.4 Å². The maximum absolute atomic E-state index is 14.2. The van der Waals surface area contributed by atoms with E-state index in [-0.39, 0.29) is 12.1 Å². The number of carbonyl (C=O) groups excluding carboxylic acids is 1. The summed E-state index contributed by atoms with van der Waals surface area (Å²) < 4.78 is 39.5. The molecular weight excluding hydrogens is 554 g/mol. The summed E-state index contributed by atoms with van der Waals surface area (Å²) >= 11 is 0. The number of benzene rings is 2. The number of anilines is 2. The van der Waals surface area contributed by atoms with Gasteiger partial charge in [0.15, 0.2) is 0 Å². The number of rotatable bonds is 8. The van der Waals surface area contributed by atoms with Crippen LogP contribution in [0.1, 0.15) is 50.8 Å². The molecule has 1 aromatic heterocycles. The van der Waals surface area contributed by atoms with Crippen molar-refractivity contribution in [2.24, 2.45) is 0 Å². The summed E-state index contributed by atoms with van der Waals surface area (Å²) in [5, 5.41) is 0. The van der Waals surface area contributed by atoms with Crippen molar-refractivity contribution in [3.63, 3.8) is 0 Å². The molecule has 0 radical (unpaired) electrons. The third-order valence-corrected chi connectivity index (χ3v) is 7.83. The molecule has 3 aromatic rings. The zero-order chi connectivity index (χ0) is 30.7. The van der Waals surface area contributed by atoms with Gasteiger partial charge >= 0.3 is 6.09 Å². The summed E-state index contributed by atoms with van der Waals surface area (Å²) in [5.74, 6) is -0.383. The molecule has 2 aliphatic rings. The second-order valence-electron chi connectivity index (χ2n) is 12.5. The molecular formula is C32H42F2N6O3. The van der Waals surface area contributed by atoms with Gasteiger partial charge in [0.05, 0.1) is 36.5 Å². The van der Waals surface area contributed by atoms with E-state index >= 15 is 0 Å². The van der Waals surface area contributed by atoms with Crippen LogP contribution in [0.2, 0.25) is 0 Å². The van der Waals surface area contributed by atoms with Gasteiger partial charge in [0, 0.05) is 63.6 Å². The van der Waals surface area contributed by atoms with Gasteiger partial charge in [-0.15, -0.1) is 0 Å². The molecule has 11 heteroatoms. The standard InChI is InChI=1S/C32H42F2N6O3/c1-32(2,3)43-31(41)38(5)10-9-37(4)21-22-15-26(28-7-6-8-40(28)25-18-23(33)17-24(34)19-25)30-27(16-22)35-20-29(36-30)39-11-13-42-14-12-39/h15-20,28H,6-14,21H2,1-5H3. The smallest absolute Gasteiger partial charge is 0.410 e. The van der Waals surface area contributed by atoms with E-state index in [0.717, 1.165) is 60.0 Å². The molecule has 1 atom stereocenters. The Labute approximate surface area is 252 Å². The summed E-state index contributed by atoms with van der Waals surface area (Å²) in [7, 11) is 3.75. The third-order valence-electron chi connectivity index (χ3n) is 7.83. The first kappa shape index (κ1) is 30.9. The molecule has 1 amide bonds. The molecule has 0 N–H and O–H groups in total. The van der Waals surface area contributed by atoms with Gasteiger partial charge in [-0.3, -0.25) is 4.98 Å². The lowest BCUT2D eigenvalue weighted by molar-refractivity contribution is 0.0286. The quantitative estimate of drug-likeness (QED) is 0.343. The van der Waals surface area contributed by atoms with Gasteiger partial charge in [0.1, 0.15) is 23.1 Å². The summed E-state index contributed by atoms with van der Waals surface area (Å²) in [6, 6.07) is 7.81. The molecule has 1 unspecified atom stereocenters. The maximum atomic E-state index is 14.2. The van der Waals surface area contributed by atoms with Crippen LogP contribution in [-0.2, 0) is 16.0 Å². The summed E-state index contributed by atoms with van der Waals surface area (Å²) in [6.45, 7) is 10.8. The highest BCUT2D eigenvalue weighted by Gasteiger charge is 2.30. The van der Waals surface area contributed by atoms with Crippen molar-refractivity contribution < 1.29 is 23.0 Å². The van der Waals surface area contributed by atoms with E-state index < -0.39 is 17.2 Å². The van der Waals surface area contributed by atoms with Crippen molar-refractivity contribution in [1.82, 2.24) is 19.8 Å². The van der Waals surface area contributed by atoms with Crippen LogP contribution in [0.15, 0.2) is 36.5 Å². The highest BCUT2D eigenvalue weighted by molar-refractivity contribution is 5.81. The number of likely N-dealkylation sites (N-methyl/N-ethyl adjacent to an activating group) is 2. The Morgan fingerprint density at radius 2 is 1.77 bits per heavy atom. The lowest BCUT2D eigenvalue weighted by Gasteiger charge is -2.30. The zero-order valence-corrected chi connectivity index (χ0v) is 25.8. The van der Waals surface area contributed by atoms with Gasteiger partial charge in [-0.25, -0.2) is 18.6 Å². The van der Waals surface area contributed by atoms with E-state index in [1.807, 2.05) is 34.0 Å². The lowest BCUT2D eigenvalue weighted by Crippen LogP contribution is -2.38. The van der Waals surface area contributed by atoms with Crippen LogP contribution >= 0.6 is 0 Å². The third kappa shape index (κ3) is 7.69. The molecule has 3 heterocycles. The number of nitrogens with zero attached hydrogens (tertiary/aromatic N) is 6. The van der Waals surface area contributed by atoms with E-state index in [1.54, 1.807) is 11.9 Å². The van der Waals surface area contributed by atoms with Crippen molar-refractivity contribution in [1.29, 1.82) is 0 Å². The van der Waals surface area contributed by atoms with Crippen LogP contribution in [-0.4, -0.2) is 91.5 Å². The number of amides is 1. The van der Waals surface area contributed by atoms with Crippen LogP contribution in [0, 0.1) is 11.6 Å². The van der Waals surface area contributed by atoms with Crippen molar-refractivity contribution >= 4 is 28.6 Å². The van der Waals surface area contributed by atoms with Gasteiger partial charge in [-0.05, 0) is 64.4 Å². The minimum Gasteiger partial charge on any atom is -0.444 e. The monoisotopic (exact) mass is 596 g/mol. The predicted octanol–water partition coefficient (Wildman–Crippen LogP) is 5.38. The maximum Gasteiger partial charge on any atom is 0.410 e. The molecule has 232 valence electrons. The molecule has 0 aliphatic carbocycles. The van der Waals surface area contributed by atoms with Gasteiger partial charge in [-0.2, -0.15) is 0 Å². The normalized spacial score (nSPS) is 17.6. The SMILES string of the molecule is CN(CCN(C)C(=O)OC(C)(C)C)Cc1cc(C2CCCN2c2cc(F)cc(F)c2)c2nc(N3CCOCC3)cnc2c1. The number of hydrogen-bond acceptors (Lipinski definition) is 8. The highest BCUT2D eigenvalue weighted by Crippen LogP contribution is 2.40. The fraction of sp³-hybridized carbons (Fsp3) is 0.531. The highest BCUT2D eigenvalue weighted by atomic mass is 19.1. The first-order chi connectivity index (χ1) is 20.5. The first-order valence-electron chi connectivity index (χ1n) is 14.9. The Balaban J connectivity index is 1.44. The predicted molar refractivity (Wildman–Crippen MR) is 163 cm³/mol. The molecule has 43 heavy (non-hydrogen) atoms. The summed E-state index contributed by atoms with van der Waals surface area (Å²) in [6.07, 6.45) is 3.18. The average molecular weight is 597 g/mol. The van der Waals surface area contributed by atoms with Gasteiger partial charge < -0.3 is 29.1 Å². The number of carbonyl (C=O) groups is 1. The molecule has 5 rings (SSSR count). The second-order valence-corrected chi connectivity index (χ2v) is 12.5. The van der Waals surface area contributed by atoms with Crippen molar-refractivity contribution in [3.8, 4) is 0 Å². The van der Waals surface area contributed by atoms with E-state index in [0.29, 0.717) is 45.1 Å². The molecule has 2 fully saturated rings. The lowest BCUT2D eigenvalue weighted by atomic mass is 9.98. The van der Waals surface area contributed by atoms with Gasteiger partial charge in [0.25, 0.3) is 0 Å². The summed E-state index contributed by atoms with van der Waals surface area (Å²) in [4.78, 5) is 30.3. The Morgan fingerprint density at radius 3 is 2.47 bits per heavy atom. The van der Waals surface area contributed by atoms with Crippen molar-refractivity contribution in [2.45, 2.75) is 51.8 Å². The fourth-order valence-electron chi connectivity index (χ4n) is 5.73. The van der Waals surface area contributed by atoms with E-state index in [9.17, 15) is 13.6 Å². The van der Waals surface area contributed by atoms with Crippen LogP contribution in [0.4, 0.5) is 25.1 Å². The molecule has 2 aromatic carbocycles. The molecule has 0 bridgehead atoms. The Bertz CT molecular complexity index is 1420. The molecule has 0 saturated carbocycles. The number of halogens is 2. The van der Waals surface area contributed by atoms with Crippen LogP contribution in [0.25, 0.3) is 11.0 Å². The largest absolute Gasteiger partial charge is 0.444 e. The number of morpholine rings is 1. The van der Waals surface area contributed by atoms with Gasteiger partial charge in [0.2, 0.25) is 0 Å². The van der Waals surface area contributed by atoms with Crippen LogP contribution in [0.5, 0.6) is 0 Å². The molecule has 9 nitrogen and oxygen atoms in total. The fourth-order valence-corrected chi connectivity index (χ4v) is 5.73. The summed E-state index contributed by atoms with van der Waals surface area (Å²) in [5.41, 5.74) is 3.60. The minimum atomic E-state index is -0.591. The molecule has 2 saturated heterocycles. The number of fused-ring (bicyclic) bond motifs is 1. The van der Waals surface area contributed by atoms with Crippen molar-refractivity contribution in [2.75, 3.05) is 69.8 Å². The topological polar surface area (TPSA) is 74.3 Å². The minimum absolute atomic E-state index is 0.110. The van der Waals surface area contributed by atoms with Crippen molar-refractivity contribution in [3.05, 3.63) is 59.3 Å². The first-order valence-corrected chi connectivity index (χ1v) is 14.9. The zero-order valence-electron chi connectivity index (χ0n) is 25.8. The molecule has 2 aliphatic heterocycles. The Morgan fingerprint density at radius 1 is 1.05 bits per heavy atom. The van der Waals surface area contributed by atoms with Crippen LogP contribution < -0.4 is 9.80 Å². The second kappa shape index (κ2) is 13.0. The van der Waals surface area contributed by atoms with E-state index in [1.165, 1.54) is 12.1 Å². The van der Waals surface area contributed by atoms with E-state index in [2.05, 4.69) is 26.8 Å². The number of aromatic nitrogens is 2. The average Bonchev–Trinajstić information content (AvgIpc) is 3.44. The number of ether oxygens (including phenoxy) is 2.